The van der Waals surface area contributed by atoms with Crippen molar-refractivity contribution in [1.82, 2.24) is 10.6 Å². The van der Waals surface area contributed by atoms with Gasteiger partial charge in [0.05, 0.1) is 7.11 Å². The van der Waals surface area contributed by atoms with Crippen LogP contribution in [0.25, 0.3) is 0 Å². The van der Waals surface area contributed by atoms with Crippen molar-refractivity contribution in [2.45, 2.75) is 19.5 Å². The summed E-state index contributed by atoms with van der Waals surface area (Å²) in [6, 6.07) is 18.7. The summed E-state index contributed by atoms with van der Waals surface area (Å²) in [4.78, 5) is 6.55. The topological polar surface area (TPSA) is 48.9 Å². The van der Waals surface area contributed by atoms with E-state index in [1.54, 1.807) is 14.2 Å². The van der Waals surface area contributed by atoms with Crippen LogP contribution >= 0.6 is 24.0 Å². The van der Waals surface area contributed by atoms with Crippen LogP contribution in [0.5, 0.6) is 5.75 Å². The predicted octanol–water partition coefficient (Wildman–Crippen LogP) is 3.50. The number of likely N-dealkylation sites (N-methyl/N-ethyl adjacent to an activating group) is 1. The van der Waals surface area contributed by atoms with Gasteiger partial charge in [0.1, 0.15) is 5.75 Å². The molecule has 2 aromatic rings. The van der Waals surface area contributed by atoms with Crippen LogP contribution in [0.15, 0.2) is 59.6 Å². The number of para-hydroxylation sites is 1. The summed E-state index contributed by atoms with van der Waals surface area (Å²) < 4.78 is 5.26. The maximum Gasteiger partial charge on any atom is 0.191 e. The van der Waals surface area contributed by atoms with Gasteiger partial charge in [-0.15, -0.1) is 24.0 Å². The Bertz CT molecular complexity index is 679. The lowest BCUT2D eigenvalue weighted by molar-refractivity contribution is 0.414. The van der Waals surface area contributed by atoms with Crippen molar-refractivity contribution < 1.29 is 4.74 Å². The standard InChI is InChI=1S/C20H28N4O.HI/c1-16(24(3)18-10-6-5-7-11-18)14-22-20(21-2)23-15-17-9-8-12-19(13-17)25-4;/h5-13,16H,14-15H2,1-4H3,(H2,21,22,23);1H. The van der Waals surface area contributed by atoms with Crippen LogP contribution < -0.4 is 20.3 Å². The molecule has 26 heavy (non-hydrogen) atoms. The highest BCUT2D eigenvalue weighted by Crippen LogP contribution is 2.14. The second kappa shape index (κ2) is 11.6. The fraction of sp³-hybridized carbons (Fsp3) is 0.350. The first-order valence-corrected chi connectivity index (χ1v) is 8.49. The molecule has 0 bridgehead atoms. The molecule has 0 aliphatic carbocycles. The van der Waals surface area contributed by atoms with E-state index >= 15 is 0 Å². The Hall–Kier alpha value is -1.96. The summed E-state index contributed by atoms with van der Waals surface area (Å²) in [6.45, 7) is 3.68. The number of ether oxygens (including phenoxy) is 1. The molecule has 2 rings (SSSR count). The van der Waals surface area contributed by atoms with Gasteiger partial charge in [0.25, 0.3) is 0 Å². The molecular formula is C20H29IN4O. The number of nitrogens with zero attached hydrogens (tertiary/aromatic N) is 2. The molecule has 1 atom stereocenters. The third kappa shape index (κ3) is 6.74. The van der Waals surface area contributed by atoms with E-state index in [4.69, 9.17) is 4.74 Å². The minimum atomic E-state index is 0. The molecule has 142 valence electrons. The van der Waals surface area contributed by atoms with E-state index in [1.165, 1.54) is 5.69 Å². The number of benzene rings is 2. The van der Waals surface area contributed by atoms with Crippen molar-refractivity contribution in [1.29, 1.82) is 0 Å². The lowest BCUT2D eigenvalue weighted by Gasteiger charge is -2.27. The van der Waals surface area contributed by atoms with Crippen molar-refractivity contribution in [2.24, 2.45) is 4.99 Å². The highest BCUT2D eigenvalue weighted by atomic mass is 127. The normalized spacial score (nSPS) is 11.9. The molecule has 0 spiro atoms. The van der Waals surface area contributed by atoms with Gasteiger partial charge >= 0.3 is 0 Å². The number of nitrogens with one attached hydrogen (secondary N) is 2. The van der Waals surface area contributed by atoms with Crippen LogP contribution in [0.4, 0.5) is 5.69 Å². The molecule has 0 saturated heterocycles. The van der Waals surface area contributed by atoms with Crippen LogP contribution in [0, 0.1) is 0 Å². The summed E-state index contributed by atoms with van der Waals surface area (Å²) in [5.74, 6) is 1.65. The van der Waals surface area contributed by atoms with Gasteiger partial charge < -0.3 is 20.3 Å². The van der Waals surface area contributed by atoms with Crippen molar-refractivity contribution >= 4 is 35.6 Å². The summed E-state index contributed by atoms with van der Waals surface area (Å²) in [7, 11) is 5.57. The second-order valence-corrected chi connectivity index (χ2v) is 5.95. The van der Waals surface area contributed by atoms with Gasteiger partial charge in [-0.1, -0.05) is 30.3 Å². The van der Waals surface area contributed by atoms with Gasteiger partial charge in [0, 0.05) is 38.9 Å². The van der Waals surface area contributed by atoms with Gasteiger partial charge in [-0.05, 0) is 36.8 Å². The Morgan fingerprint density at radius 1 is 1.12 bits per heavy atom. The number of methoxy groups -OCH3 is 1. The monoisotopic (exact) mass is 468 g/mol. The molecule has 6 heteroatoms. The number of guanidine groups is 1. The quantitative estimate of drug-likeness (QED) is 0.371. The number of hydrogen-bond acceptors (Lipinski definition) is 3. The molecular weight excluding hydrogens is 439 g/mol. The fourth-order valence-corrected chi connectivity index (χ4v) is 2.49. The van der Waals surface area contributed by atoms with E-state index < -0.39 is 0 Å². The predicted molar refractivity (Wildman–Crippen MR) is 121 cm³/mol. The lowest BCUT2D eigenvalue weighted by atomic mass is 10.2. The van der Waals surface area contributed by atoms with Crippen molar-refractivity contribution in [3.05, 3.63) is 60.2 Å². The number of anilines is 1. The average molecular weight is 468 g/mol. The largest absolute Gasteiger partial charge is 0.497 e. The Morgan fingerprint density at radius 2 is 1.85 bits per heavy atom. The van der Waals surface area contributed by atoms with E-state index in [2.05, 4.69) is 64.8 Å². The molecule has 0 radical (unpaired) electrons. The van der Waals surface area contributed by atoms with Crippen LogP contribution in [-0.4, -0.2) is 39.8 Å². The highest BCUT2D eigenvalue weighted by Gasteiger charge is 2.10. The summed E-state index contributed by atoms with van der Waals surface area (Å²) >= 11 is 0. The third-order valence-corrected chi connectivity index (χ3v) is 4.21. The minimum Gasteiger partial charge on any atom is -0.497 e. The molecule has 0 aliphatic rings. The van der Waals surface area contributed by atoms with Gasteiger partial charge in [-0.3, -0.25) is 4.99 Å². The SMILES string of the molecule is CN=C(NCc1cccc(OC)c1)NCC(C)N(C)c1ccccc1.I. The lowest BCUT2D eigenvalue weighted by Crippen LogP contribution is -2.44. The summed E-state index contributed by atoms with van der Waals surface area (Å²) in [5.41, 5.74) is 2.35. The average Bonchev–Trinajstić information content (AvgIpc) is 2.68. The molecule has 2 N–H and O–H groups in total. The summed E-state index contributed by atoms with van der Waals surface area (Å²) in [6.07, 6.45) is 0. The molecule has 0 aromatic heterocycles. The van der Waals surface area contributed by atoms with Crippen LogP contribution in [-0.2, 0) is 6.54 Å². The van der Waals surface area contributed by atoms with E-state index in [9.17, 15) is 0 Å². The Morgan fingerprint density at radius 3 is 2.50 bits per heavy atom. The number of aliphatic imine (C=N–C) groups is 1. The molecule has 0 fully saturated rings. The van der Waals surface area contributed by atoms with Crippen LogP contribution in [0.3, 0.4) is 0 Å². The Kier molecular flexibility index (Phi) is 9.87. The molecule has 0 heterocycles. The van der Waals surface area contributed by atoms with E-state index in [0.29, 0.717) is 12.6 Å². The van der Waals surface area contributed by atoms with E-state index in [0.717, 1.165) is 23.8 Å². The highest BCUT2D eigenvalue weighted by molar-refractivity contribution is 14.0. The summed E-state index contributed by atoms with van der Waals surface area (Å²) in [5, 5.41) is 6.72. The minimum absolute atomic E-state index is 0. The fourth-order valence-electron chi connectivity index (χ4n) is 2.49. The Balaban J connectivity index is 0.00000338. The zero-order valence-corrected chi connectivity index (χ0v) is 18.2. The van der Waals surface area contributed by atoms with E-state index in [-0.39, 0.29) is 24.0 Å². The molecule has 2 aromatic carbocycles. The Labute approximate surface area is 173 Å². The van der Waals surface area contributed by atoms with Crippen LogP contribution in [0.1, 0.15) is 12.5 Å². The number of hydrogen-bond donors (Lipinski definition) is 2. The van der Waals surface area contributed by atoms with Crippen molar-refractivity contribution in [3.63, 3.8) is 0 Å². The smallest absolute Gasteiger partial charge is 0.191 e. The number of rotatable bonds is 7. The molecule has 1 unspecified atom stereocenters. The van der Waals surface area contributed by atoms with Gasteiger partial charge in [-0.2, -0.15) is 0 Å². The molecule has 0 amide bonds. The zero-order valence-electron chi connectivity index (χ0n) is 15.9. The van der Waals surface area contributed by atoms with Crippen LogP contribution in [0.2, 0.25) is 0 Å². The number of halogens is 1. The van der Waals surface area contributed by atoms with Gasteiger partial charge in [0.15, 0.2) is 5.96 Å². The van der Waals surface area contributed by atoms with Crippen molar-refractivity contribution in [2.75, 3.05) is 32.6 Å². The maximum absolute atomic E-state index is 5.26. The molecule has 0 aliphatic heterocycles. The third-order valence-electron chi connectivity index (χ3n) is 4.21. The first-order chi connectivity index (χ1) is 12.1. The molecule has 5 nitrogen and oxygen atoms in total. The first kappa shape index (κ1) is 22.1. The molecule has 0 saturated carbocycles. The second-order valence-electron chi connectivity index (χ2n) is 5.95. The first-order valence-electron chi connectivity index (χ1n) is 8.49. The zero-order chi connectivity index (χ0) is 18.1. The van der Waals surface area contributed by atoms with Crippen molar-refractivity contribution in [3.8, 4) is 5.75 Å². The van der Waals surface area contributed by atoms with Gasteiger partial charge in [0.2, 0.25) is 0 Å². The van der Waals surface area contributed by atoms with Gasteiger partial charge in [-0.25, -0.2) is 0 Å². The maximum atomic E-state index is 5.26. The van der Waals surface area contributed by atoms with E-state index in [1.807, 2.05) is 24.3 Å².